The fraction of sp³-hybridized carbons (Fsp3) is 0.722. The Labute approximate surface area is 148 Å². The third kappa shape index (κ3) is 6.16. The number of hydroxylamine groups is 1. The molecule has 140 valence electrons. The minimum Gasteiger partial charge on any atom is -0.461 e. The number of nitrogens with one attached hydrogen (secondary N) is 1. The van der Waals surface area contributed by atoms with Crippen LogP contribution in [0.15, 0.2) is 10.7 Å². The molecule has 7 heteroatoms. The van der Waals surface area contributed by atoms with Crippen LogP contribution in [0, 0.1) is 5.92 Å². The second-order valence-corrected chi connectivity index (χ2v) is 6.66. The van der Waals surface area contributed by atoms with E-state index in [-0.39, 0.29) is 24.6 Å². The molecule has 0 aromatic carbocycles. The maximum atomic E-state index is 11.7. The number of ether oxygens (including phenoxy) is 1. The molecular formula is C18H28N2O5. The Morgan fingerprint density at radius 3 is 2.84 bits per heavy atom. The van der Waals surface area contributed by atoms with Gasteiger partial charge in [0.2, 0.25) is 5.91 Å². The smallest absolute Gasteiger partial charge is 0.360 e. The van der Waals surface area contributed by atoms with Gasteiger partial charge in [-0.3, -0.25) is 10.0 Å². The largest absolute Gasteiger partial charge is 0.461 e. The van der Waals surface area contributed by atoms with Crippen LogP contribution in [-0.4, -0.2) is 28.7 Å². The van der Waals surface area contributed by atoms with E-state index in [0.29, 0.717) is 5.89 Å². The van der Waals surface area contributed by atoms with E-state index in [1.807, 2.05) is 0 Å². The van der Waals surface area contributed by atoms with Gasteiger partial charge in [0.15, 0.2) is 11.6 Å². The molecule has 25 heavy (non-hydrogen) atoms. The lowest BCUT2D eigenvalue weighted by atomic mass is 9.84. The predicted molar refractivity (Wildman–Crippen MR) is 90.2 cm³/mol. The van der Waals surface area contributed by atoms with Gasteiger partial charge >= 0.3 is 5.97 Å². The summed E-state index contributed by atoms with van der Waals surface area (Å²) in [7, 11) is 0. The number of hydrogen-bond donors (Lipinski definition) is 2. The molecule has 7 nitrogen and oxygen atoms in total. The van der Waals surface area contributed by atoms with Crippen LogP contribution in [0.5, 0.6) is 0 Å². The molecule has 0 spiro atoms. The van der Waals surface area contributed by atoms with Crippen molar-refractivity contribution < 1.29 is 24.0 Å². The first-order valence-corrected chi connectivity index (χ1v) is 9.19. The van der Waals surface area contributed by atoms with Gasteiger partial charge in [-0.2, -0.15) is 0 Å². The van der Waals surface area contributed by atoms with Crippen LogP contribution in [0.3, 0.4) is 0 Å². The summed E-state index contributed by atoms with van der Waals surface area (Å²) >= 11 is 0. The molecule has 1 aliphatic carbocycles. The number of amides is 1. The minimum atomic E-state index is -0.537. The lowest BCUT2D eigenvalue weighted by Gasteiger charge is -2.22. The van der Waals surface area contributed by atoms with Crippen LogP contribution < -0.4 is 5.48 Å². The van der Waals surface area contributed by atoms with Crippen LogP contribution in [0.1, 0.15) is 87.0 Å². The second kappa shape index (κ2) is 10.2. The zero-order chi connectivity index (χ0) is 18.1. The molecule has 0 aliphatic heterocycles. The highest BCUT2D eigenvalue weighted by molar-refractivity contribution is 5.86. The monoisotopic (exact) mass is 352 g/mol. The third-order valence-electron chi connectivity index (χ3n) is 4.80. The Bertz CT molecular complexity index is 551. The topological polar surface area (TPSA) is 102 Å². The number of carbonyl (C=O) groups is 2. The van der Waals surface area contributed by atoms with Gasteiger partial charge in [0.1, 0.15) is 6.26 Å². The molecule has 0 saturated heterocycles. The summed E-state index contributed by atoms with van der Waals surface area (Å²) in [6, 6.07) is 0. The lowest BCUT2D eigenvalue weighted by Crippen LogP contribution is -2.21. The molecular weight excluding hydrogens is 324 g/mol. The van der Waals surface area contributed by atoms with E-state index in [0.717, 1.165) is 25.2 Å². The normalized spacial score (nSPS) is 16.4. The van der Waals surface area contributed by atoms with Crippen molar-refractivity contribution in [3.05, 3.63) is 17.8 Å². The zero-order valence-electron chi connectivity index (χ0n) is 14.8. The van der Waals surface area contributed by atoms with Crippen LogP contribution in [-0.2, 0) is 9.53 Å². The van der Waals surface area contributed by atoms with Crippen molar-refractivity contribution in [1.82, 2.24) is 10.5 Å². The molecule has 1 fully saturated rings. The number of carbonyl (C=O) groups excluding carboxylic acids is 2. The van der Waals surface area contributed by atoms with E-state index >= 15 is 0 Å². The minimum absolute atomic E-state index is 0.0734. The summed E-state index contributed by atoms with van der Waals surface area (Å²) in [4.78, 5) is 27.5. The predicted octanol–water partition coefficient (Wildman–Crippen LogP) is 3.58. The standard InChI is InChI=1S/C18H28N2O5/c1-2-24-18(22)15-12-25-17(19-15)14(11-16(21)20-23)10-6-9-13-7-4-3-5-8-13/h12-14,23H,2-11H2,1H3,(H,20,21). The highest BCUT2D eigenvalue weighted by atomic mass is 16.5. The van der Waals surface area contributed by atoms with Gasteiger partial charge in [0, 0.05) is 12.3 Å². The Morgan fingerprint density at radius 2 is 2.16 bits per heavy atom. The van der Waals surface area contributed by atoms with E-state index < -0.39 is 11.9 Å². The fourth-order valence-corrected chi connectivity index (χ4v) is 3.48. The van der Waals surface area contributed by atoms with Crippen LogP contribution in [0.25, 0.3) is 0 Å². The number of esters is 1. The molecule has 1 aromatic heterocycles. The quantitative estimate of drug-likeness (QED) is 0.400. The van der Waals surface area contributed by atoms with Crippen LogP contribution in [0.2, 0.25) is 0 Å². The number of hydrogen-bond acceptors (Lipinski definition) is 6. The van der Waals surface area contributed by atoms with Crippen LogP contribution in [0.4, 0.5) is 0 Å². The summed E-state index contributed by atoms with van der Waals surface area (Å²) in [5.41, 5.74) is 1.76. The number of nitrogens with zero attached hydrogens (tertiary/aromatic N) is 1. The van der Waals surface area contributed by atoms with E-state index in [2.05, 4.69) is 4.98 Å². The first-order chi connectivity index (χ1) is 12.1. The van der Waals surface area contributed by atoms with Crippen LogP contribution >= 0.6 is 0 Å². The maximum absolute atomic E-state index is 11.7. The van der Waals surface area contributed by atoms with Gasteiger partial charge < -0.3 is 9.15 Å². The van der Waals surface area contributed by atoms with Crippen molar-refractivity contribution in [3.8, 4) is 0 Å². The molecule has 0 bridgehead atoms. The summed E-state index contributed by atoms with van der Waals surface area (Å²) in [5, 5.41) is 8.80. The maximum Gasteiger partial charge on any atom is 0.360 e. The van der Waals surface area contributed by atoms with Crippen molar-refractivity contribution in [2.24, 2.45) is 5.92 Å². The van der Waals surface area contributed by atoms with Crippen molar-refractivity contribution >= 4 is 11.9 Å². The van der Waals surface area contributed by atoms with Gasteiger partial charge in [0.05, 0.1) is 6.61 Å². The highest BCUT2D eigenvalue weighted by Gasteiger charge is 2.24. The van der Waals surface area contributed by atoms with E-state index in [4.69, 9.17) is 14.4 Å². The third-order valence-corrected chi connectivity index (χ3v) is 4.80. The average molecular weight is 352 g/mol. The number of aromatic nitrogens is 1. The SMILES string of the molecule is CCOC(=O)c1coc(C(CCCC2CCCCC2)CC(=O)NO)n1. The van der Waals surface area contributed by atoms with Gasteiger partial charge in [-0.15, -0.1) is 0 Å². The lowest BCUT2D eigenvalue weighted by molar-refractivity contribution is -0.129. The summed E-state index contributed by atoms with van der Waals surface area (Å²) in [6.45, 7) is 1.98. The van der Waals surface area contributed by atoms with Gasteiger partial charge in [-0.05, 0) is 19.3 Å². The number of rotatable bonds is 9. The molecule has 2 rings (SSSR count). The Kier molecular flexibility index (Phi) is 7.91. The number of oxazole rings is 1. The summed E-state index contributed by atoms with van der Waals surface area (Å²) in [5.74, 6) is -0.182. The molecule has 1 heterocycles. The Morgan fingerprint density at radius 1 is 1.40 bits per heavy atom. The second-order valence-electron chi connectivity index (χ2n) is 6.66. The van der Waals surface area contributed by atoms with E-state index in [1.54, 1.807) is 12.4 Å². The molecule has 0 radical (unpaired) electrons. The Balaban J connectivity index is 1.94. The average Bonchev–Trinajstić information content (AvgIpc) is 3.12. The van der Waals surface area contributed by atoms with Crippen molar-refractivity contribution in [3.63, 3.8) is 0 Å². The van der Waals surface area contributed by atoms with Gasteiger partial charge in [0.25, 0.3) is 0 Å². The Hall–Kier alpha value is -1.89. The first-order valence-electron chi connectivity index (χ1n) is 9.19. The van der Waals surface area contributed by atoms with Crippen molar-refractivity contribution in [2.45, 2.75) is 70.6 Å². The summed E-state index contributed by atoms with van der Waals surface area (Å²) in [6.07, 6.45) is 10.7. The fourth-order valence-electron chi connectivity index (χ4n) is 3.48. The van der Waals surface area contributed by atoms with E-state index in [1.165, 1.54) is 38.4 Å². The molecule has 2 N–H and O–H groups in total. The first kappa shape index (κ1) is 19.4. The molecule has 1 amide bonds. The molecule has 1 unspecified atom stereocenters. The van der Waals surface area contributed by atoms with Crippen molar-refractivity contribution in [2.75, 3.05) is 6.61 Å². The zero-order valence-corrected chi connectivity index (χ0v) is 14.8. The van der Waals surface area contributed by atoms with E-state index in [9.17, 15) is 9.59 Å². The van der Waals surface area contributed by atoms with Gasteiger partial charge in [-0.25, -0.2) is 15.3 Å². The molecule has 1 atom stereocenters. The molecule has 1 aromatic rings. The van der Waals surface area contributed by atoms with Gasteiger partial charge in [-0.1, -0.05) is 44.9 Å². The highest BCUT2D eigenvalue weighted by Crippen LogP contribution is 2.31. The molecule has 1 saturated carbocycles. The molecule has 1 aliphatic rings. The summed E-state index contributed by atoms with van der Waals surface area (Å²) < 4.78 is 10.3. The van der Waals surface area contributed by atoms with Crippen molar-refractivity contribution in [1.29, 1.82) is 0 Å².